The zero-order valence-electron chi connectivity index (χ0n) is 19.7. The smallest absolute Gasteiger partial charge is 0.270 e. The molecule has 0 aliphatic heterocycles. The van der Waals surface area contributed by atoms with Crippen LogP contribution in [-0.4, -0.2) is 19.3 Å². The van der Waals surface area contributed by atoms with Gasteiger partial charge in [0.1, 0.15) is 11.3 Å². The molecule has 0 aliphatic rings. The van der Waals surface area contributed by atoms with Crippen LogP contribution in [0.3, 0.4) is 0 Å². The van der Waals surface area contributed by atoms with Crippen LogP contribution in [0.2, 0.25) is 0 Å². The van der Waals surface area contributed by atoms with Crippen molar-refractivity contribution in [2.24, 2.45) is 0 Å². The molecule has 0 bridgehead atoms. The number of sulfonamides is 1. The first-order valence-corrected chi connectivity index (χ1v) is 12.0. The Morgan fingerprint density at radius 1 is 0.970 bits per heavy atom. The Morgan fingerprint density at radius 3 is 2.09 bits per heavy atom. The Hall–Kier alpha value is -3.39. The molecule has 0 spiro atoms. The predicted molar refractivity (Wildman–Crippen MR) is 129 cm³/mol. The fraction of sp³-hybridized carbons (Fsp3) is 0.280. The van der Waals surface area contributed by atoms with Crippen LogP contribution < -0.4 is 15.2 Å². The molecule has 3 N–H and O–H groups in total. The third kappa shape index (κ3) is 5.51. The van der Waals surface area contributed by atoms with E-state index in [9.17, 15) is 13.2 Å². The Bertz CT molecular complexity index is 1290. The van der Waals surface area contributed by atoms with E-state index in [0.29, 0.717) is 17.1 Å². The van der Waals surface area contributed by atoms with Crippen LogP contribution in [0.4, 0.5) is 5.69 Å². The highest BCUT2D eigenvalue weighted by Crippen LogP contribution is 2.33. The lowest BCUT2D eigenvalue weighted by atomic mass is 9.91. The van der Waals surface area contributed by atoms with Crippen molar-refractivity contribution in [2.75, 3.05) is 5.73 Å². The van der Waals surface area contributed by atoms with Gasteiger partial charge >= 0.3 is 0 Å². The summed E-state index contributed by atoms with van der Waals surface area (Å²) in [5, 5.41) is 0. The van der Waals surface area contributed by atoms with Gasteiger partial charge in [-0.25, -0.2) is 18.1 Å². The summed E-state index contributed by atoms with van der Waals surface area (Å²) in [4.78, 5) is 17.6. The molecule has 0 fully saturated rings. The molecule has 1 aromatic heterocycles. The second-order valence-corrected chi connectivity index (χ2v) is 10.8. The third-order valence-corrected chi connectivity index (χ3v) is 6.44. The third-order valence-electron chi connectivity index (χ3n) is 5.09. The van der Waals surface area contributed by atoms with Crippen LogP contribution in [0.15, 0.2) is 53.4 Å². The zero-order chi connectivity index (χ0) is 24.6. The van der Waals surface area contributed by atoms with Gasteiger partial charge in [-0.2, -0.15) is 0 Å². The Morgan fingerprint density at radius 2 is 1.55 bits per heavy atom. The molecule has 0 aliphatic carbocycles. The number of nitrogens with one attached hydrogen (secondary N) is 1. The summed E-state index contributed by atoms with van der Waals surface area (Å²) in [6.07, 6.45) is 0. The molecule has 33 heavy (non-hydrogen) atoms. The van der Waals surface area contributed by atoms with Crippen molar-refractivity contribution in [3.8, 4) is 11.6 Å². The van der Waals surface area contributed by atoms with Gasteiger partial charge in [0.05, 0.1) is 4.90 Å². The number of benzene rings is 2. The topological polar surface area (TPSA) is 111 Å². The van der Waals surface area contributed by atoms with Crippen LogP contribution in [0.5, 0.6) is 11.6 Å². The van der Waals surface area contributed by atoms with Crippen LogP contribution >= 0.6 is 0 Å². The van der Waals surface area contributed by atoms with Gasteiger partial charge in [0.15, 0.2) is 0 Å². The number of amides is 1. The first-order valence-electron chi connectivity index (χ1n) is 10.5. The number of anilines is 1. The Balaban J connectivity index is 2.04. The lowest BCUT2D eigenvalue weighted by Gasteiger charge is -2.21. The van der Waals surface area contributed by atoms with Crippen molar-refractivity contribution in [1.29, 1.82) is 0 Å². The minimum Gasteiger partial charge on any atom is -0.438 e. The maximum atomic E-state index is 13.1. The van der Waals surface area contributed by atoms with Crippen molar-refractivity contribution in [3.05, 3.63) is 76.5 Å². The number of carbonyl (C=O) groups is 1. The molecule has 3 aromatic rings. The molecule has 174 valence electrons. The molecule has 0 unspecified atom stereocenters. The van der Waals surface area contributed by atoms with E-state index in [4.69, 9.17) is 10.5 Å². The molecule has 3 rings (SSSR count). The van der Waals surface area contributed by atoms with E-state index in [0.717, 1.165) is 16.7 Å². The van der Waals surface area contributed by atoms with E-state index in [1.165, 1.54) is 30.3 Å². The Labute approximate surface area is 195 Å². The minimum absolute atomic E-state index is 0.0152. The number of rotatable bonds is 5. The number of aryl methyl sites for hydroxylation is 3. The van der Waals surface area contributed by atoms with Crippen molar-refractivity contribution in [1.82, 2.24) is 9.71 Å². The first-order chi connectivity index (χ1) is 15.3. The number of aromatic nitrogens is 1. The zero-order valence-corrected chi connectivity index (χ0v) is 20.5. The van der Waals surface area contributed by atoms with Gasteiger partial charge in [0.2, 0.25) is 5.88 Å². The van der Waals surface area contributed by atoms with Crippen LogP contribution in [0.25, 0.3) is 0 Å². The largest absolute Gasteiger partial charge is 0.438 e. The molecule has 8 heteroatoms. The molecule has 0 saturated carbocycles. The quantitative estimate of drug-likeness (QED) is 0.522. The summed E-state index contributed by atoms with van der Waals surface area (Å²) in [5.74, 6) is -0.214. The van der Waals surface area contributed by atoms with Crippen molar-refractivity contribution in [2.45, 2.75) is 51.9 Å². The van der Waals surface area contributed by atoms with Gasteiger partial charge in [-0.05, 0) is 68.3 Å². The minimum atomic E-state index is -4.11. The molecular weight excluding hydrogens is 438 g/mol. The molecule has 0 saturated heterocycles. The molecule has 1 heterocycles. The number of nitrogen functional groups attached to an aromatic ring is 1. The van der Waals surface area contributed by atoms with Gasteiger partial charge in [-0.1, -0.05) is 38.5 Å². The maximum Gasteiger partial charge on any atom is 0.270 e. The second-order valence-electron chi connectivity index (χ2n) is 9.13. The van der Waals surface area contributed by atoms with Gasteiger partial charge in [0, 0.05) is 16.8 Å². The highest BCUT2D eigenvalue weighted by molar-refractivity contribution is 7.90. The van der Waals surface area contributed by atoms with Crippen molar-refractivity contribution in [3.63, 3.8) is 0 Å². The summed E-state index contributed by atoms with van der Waals surface area (Å²) in [6.45, 7) is 11.8. The number of nitrogens with two attached hydrogens (primary N) is 1. The summed E-state index contributed by atoms with van der Waals surface area (Å²) < 4.78 is 33.7. The normalized spacial score (nSPS) is 11.8. The maximum absolute atomic E-state index is 13.1. The average Bonchev–Trinajstić information content (AvgIpc) is 2.69. The number of carbonyl (C=O) groups excluding carboxylic acids is 1. The number of hydrogen-bond donors (Lipinski definition) is 2. The summed E-state index contributed by atoms with van der Waals surface area (Å²) in [7, 11) is -4.11. The number of ether oxygens (including phenoxy) is 1. The summed E-state index contributed by atoms with van der Waals surface area (Å²) in [6, 6.07) is 12.8. The summed E-state index contributed by atoms with van der Waals surface area (Å²) >= 11 is 0. The van der Waals surface area contributed by atoms with Gasteiger partial charge in [0.25, 0.3) is 15.9 Å². The monoisotopic (exact) mass is 467 g/mol. The highest BCUT2D eigenvalue weighted by atomic mass is 32.2. The average molecular weight is 468 g/mol. The molecule has 1 amide bonds. The molecule has 2 aromatic carbocycles. The predicted octanol–water partition coefficient (Wildman–Crippen LogP) is 4.80. The number of nitrogens with zero attached hydrogens (tertiary/aromatic N) is 1. The fourth-order valence-corrected chi connectivity index (χ4v) is 4.38. The number of pyridine rings is 1. The lowest BCUT2D eigenvalue weighted by Crippen LogP contribution is -2.31. The van der Waals surface area contributed by atoms with Gasteiger partial charge in [-0.3, -0.25) is 4.79 Å². The lowest BCUT2D eigenvalue weighted by molar-refractivity contribution is 0.0978. The molecule has 7 nitrogen and oxygen atoms in total. The summed E-state index contributed by atoms with van der Waals surface area (Å²) in [5.41, 5.74) is 9.32. The first kappa shape index (κ1) is 24.3. The molecule has 0 radical (unpaired) electrons. The Kier molecular flexibility index (Phi) is 6.51. The van der Waals surface area contributed by atoms with E-state index < -0.39 is 15.9 Å². The molecular formula is C25H29N3O4S. The van der Waals surface area contributed by atoms with E-state index >= 15 is 0 Å². The molecule has 0 atom stereocenters. The highest BCUT2D eigenvalue weighted by Gasteiger charge is 2.25. The SMILES string of the molecule is Cc1cc(C)c(Oc2nc(C(C)(C)C)ccc2C(=O)NS(=O)(=O)c2ccc(N)cc2)c(C)c1. The standard InChI is InChI=1S/C25H29N3O4S/c1-15-13-16(2)22(17(3)14-15)32-24-20(11-12-21(27-24)25(4,5)6)23(29)28-33(30,31)19-9-7-18(26)8-10-19/h7-14H,26H2,1-6H3,(H,28,29). The van der Waals surface area contributed by atoms with E-state index in [1.807, 2.05) is 53.7 Å². The van der Waals surface area contributed by atoms with Crippen LogP contribution in [-0.2, 0) is 15.4 Å². The van der Waals surface area contributed by atoms with Gasteiger partial charge in [-0.15, -0.1) is 0 Å². The van der Waals surface area contributed by atoms with E-state index in [-0.39, 0.29) is 21.8 Å². The van der Waals surface area contributed by atoms with Crippen molar-refractivity contribution >= 4 is 21.6 Å². The second kappa shape index (κ2) is 8.86. The van der Waals surface area contributed by atoms with E-state index in [1.54, 1.807) is 6.07 Å². The number of hydrogen-bond acceptors (Lipinski definition) is 6. The van der Waals surface area contributed by atoms with Gasteiger partial charge < -0.3 is 10.5 Å². The van der Waals surface area contributed by atoms with Crippen LogP contribution in [0, 0.1) is 20.8 Å². The fourth-order valence-electron chi connectivity index (χ4n) is 3.42. The van der Waals surface area contributed by atoms with Crippen LogP contribution in [0.1, 0.15) is 53.5 Å². The van der Waals surface area contributed by atoms with Crippen molar-refractivity contribution < 1.29 is 17.9 Å². The van der Waals surface area contributed by atoms with E-state index in [2.05, 4.69) is 9.71 Å².